The van der Waals surface area contributed by atoms with Gasteiger partial charge in [-0.25, -0.2) is 9.69 Å². The first-order chi connectivity index (χ1) is 11.9. The third kappa shape index (κ3) is 3.44. The zero-order chi connectivity index (χ0) is 18.1. The van der Waals surface area contributed by atoms with Crippen LogP contribution < -0.4 is 15.0 Å². The number of hydrogen-bond donors (Lipinski definition) is 1. The molecule has 1 saturated heterocycles. The summed E-state index contributed by atoms with van der Waals surface area (Å²) in [6, 6.07) is 9.00. The molecule has 1 aliphatic heterocycles. The lowest BCUT2D eigenvalue weighted by Crippen LogP contribution is -2.30. The number of methoxy groups -OCH3 is 1. The molecule has 25 heavy (non-hydrogen) atoms. The Bertz CT molecular complexity index is 872. The summed E-state index contributed by atoms with van der Waals surface area (Å²) in [6.07, 6.45) is 1.49. The van der Waals surface area contributed by atoms with Gasteiger partial charge in [-0.15, -0.1) is 0 Å². The molecule has 0 radical (unpaired) electrons. The zero-order valence-corrected chi connectivity index (χ0v) is 15.1. The van der Waals surface area contributed by atoms with Crippen LogP contribution in [0.2, 0.25) is 15.1 Å². The van der Waals surface area contributed by atoms with E-state index in [1.807, 2.05) is 0 Å². The quantitative estimate of drug-likeness (QED) is 0.600. The van der Waals surface area contributed by atoms with Crippen molar-refractivity contribution in [2.75, 3.05) is 12.0 Å². The number of ether oxygens (including phenoxy) is 1. The van der Waals surface area contributed by atoms with Crippen molar-refractivity contribution in [2.24, 2.45) is 0 Å². The van der Waals surface area contributed by atoms with E-state index in [0.29, 0.717) is 32.1 Å². The largest absolute Gasteiger partial charge is 0.494 e. The standard InChI is InChI=1S/C17H11Cl3N2O3/c1-25-15-12(19)6-9(7-13(15)20)8-14-16(23)22(17(24)21-14)11-4-2-10(18)3-5-11/h2-8H,1H3,(H,21,24)/b14-8+. The number of nitrogens with zero attached hydrogens (tertiary/aromatic N) is 1. The number of nitrogens with one attached hydrogen (secondary N) is 1. The van der Waals surface area contributed by atoms with Crippen LogP contribution in [0.25, 0.3) is 6.08 Å². The van der Waals surface area contributed by atoms with Crippen LogP contribution in [0.5, 0.6) is 5.75 Å². The molecule has 1 fully saturated rings. The first kappa shape index (κ1) is 17.6. The maximum absolute atomic E-state index is 12.5. The average molecular weight is 398 g/mol. The van der Waals surface area contributed by atoms with Gasteiger partial charge in [0, 0.05) is 5.02 Å². The van der Waals surface area contributed by atoms with Crippen LogP contribution in [0.4, 0.5) is 10.5 Å². The van der Waals surface area contributed by atoms with Gasteiger partial charge in [-0.3, -0.25) is 4.79 Å². The number of imide groups is 1. The third-order valence-corrected chi connectivity index (χ3v) is 4.31. The fourth-order valence-electron chi connectivity index (χ4n) is 2.38. The second kappa shape index (κ2) is 6.96. The highest BCUT2D eigenvalue weighted by Gasteiger charge is 2.34. The van der Waals surface area contributed by atoms with E-state index in [1.165, 1.54) is 13.2 Å². The summed E-state index contributed by atoms with van der Waals surface area (Å²) in [7, 11) is 1.45. The highest BCUT2D eigenvalue weighted by Crippen LogP contribution is 2.34. The van der Waals surface area contributed by atoms with Gasteiger partial charge >= 0.3 is 6.03 Å². The van der Waals surface area contributed by atoms with Crippen molar-refractivity contribution in [3.63, 3.8) is 0 Å². The Kier molecular flexibility index (Phi) is 4.90. The number of rotatable bonds is 3. The lowest BCUT2D eigenvalue weighted by molar-refractivity contribution is -0.113. The van der Waals surface area contributed by atoms with Crippen LogP contribution in [-0.4, -0.2) is 19.0 Å². The Morgan fingerprint density at radius 3 is 2.20 bits per heavy atom. The molecule has 0 saturated carbocycles. The average Bonchev–Trinajstić information content (AvgIpc) is 2.82. The Morgan fingerprint density at radius 2 is 1.64 bits per heavy atom. The van der Waals surface area contributed by atoms with Crippen LogP contribution >= 0.6 is 34.8 Å². The predicted molar refractivity (Wildman–Crippen MR) is 98.5 cm³/mol. The smallest absolute Gasteiger partial charge is 0.333 e. The van der Waals surface area contributed by atoms with Gasteiger partial charge in [0.1, 0.15) is 5.70 Å². The summed E-state index contributed by atoms with van der Waals surface area (Å²) in [4.78, 5) is 25.7. The maximum Gasteiger partial charge on any atom is 0.333 e. The molecule has 3 rings (SSSR count). The summed E-state index contributed by atoms with van der Waals surface area (Å²) in [5.74, 6) is -0.148. The molecule has 5 nitrogen and oxygen atoms in total. The van der Waals surface area contributed by atoms with Crippen LogP contribution in [0, 0.1) is 0 Å². The minimum absolute atomic E-state index is 0.109. The Morgan fingerprint density at radius 1 is 1.04 bits per heavy atom. The molecule has 0 unspecified atom stereocenters. The van der Waals surface area contributed by atoms with Gasteiger partial charge < -0.3 is 10.1 Å². The predicted octanol–water partition coefficient (Wildman–Crippen LogP) is 4.75. The number of anilines is 1. The number of hydrogen-bond acceptors (Lipinski definition) is 3. The Hall–Kier alpha value is -2.21. The van der Waals surface area contributed by atoms with E-state index in [0.717, 1.165) is 4.90 Å². The van der Waals surface area contributed by atoms with Gasteiger partial charge in [0.05, 0.1) is 22.8 Å². The fraction of sp³-hybridized carbons (Fsp3) is 0.0588. The topological polar surface area (TPSA) is 58.6 Å². The van der Waals surface area contributed by atoms with E-state index in [9.17, 15) is 9.59 Å². The number of carbonyl (C=O) groups excluding carboxylic acids is 2. The molecule has 0 aromatic heterocycles. The molecule has 0 atom stereocenters. The van der Waals surface area contributed by atoms with Crippen molar-refractivity contribution < 1.29 is 14.3 Å². The van der Waals surface area contributed by atoms with E-state index in [4.69, 9.17) is 39.5 Å². The van der Waals surface area contributed by atoms with Gasteiger partial charge in [-0.05, 0) is 48.0 Å². The second-order valence-electron chi connectivity index (χ2n) is 5.12. The normalized spacial score (nSPS) is 15.7. The molecule has 2 aromatic carbocycles. The van der Waals surface area contributed by atoms with Crippen molar-refractivity contribution >= 4 is 58.5 Å². The van der Waals surface area contributed by atoms with Gasteiger partial charge in [0.2, 0.25) is 0 Å². The summed E-state index contributed by atoms with van der Waals surface area (Å²) in [5.41, 5.74) is 1.08. The highest BCUT2D eigenvalue weighted by molar-refractivity contribution is 6.37. The minimum Gasteiger partial charge on any atom is -0.494 e. The van der Waals surface area contributed by atoms with Crippen LogP contribution in [0.3, 0.4) is 0 Å². The molecule has 0 spiro atoms. The lowest BCUT2D eigenvalue weighted by Gasteiger charge is -2.11. The van der Waals surface area contributed by atoms with E-state index >= 15 is 0 Å². The van der Waals surface area contributed by atoms with Gasteiger partial charge in [-0.1, -0.05) is 34.8 Å². The van der Waals surface area contributed by atoms with Crippen molar-refractivity contribution in [3.8, 4) is 5.75 Å². The second-order valence-corrected chi connectivity index (χ2v) is 6.37. The van der Waals surface area contributed by atoms with E-state index in [2.05, 4.69) is 5.32 Å². The van der Waals surface area contributed by atoms with Gasteiger partial charge in [-0.2, -0.15) is 0 Å². The molecule has 8 heteroatoms. The fourth-order valence-corrected chi connectivity index (χ4v) is 3.17. The number of carbonyl (C=O) groups is 2. The molecule has 1 N–H and O–H groups in total. The highest BCUT2D eigenvalue weighted by atomic mass is 35.5. The molecule has 1 aliphatic rings. The van der Waals surface area contributed by atoms with Crippen molar-refractivity contribution in [1.82, 2.24) is 5.32 Å². The van der Waals surface area contributed by atoms with Crippen LogP contribution in [-0.2, 0) is 4.79 Å². The number of urea groups is 1. The molecular weight excluding hydrogens is 387 g/mol. The summed E-state index contributed by atoms with van der Waals surface area (Å²) in [5, 5.41) is 3.64. The number of amides is 3. The van der Waals surface area contributed by atoms with Crippen LogP contribution in [0.15, 0.2) is 42.1 Å². The summed E-state index contributed by atoms with van der Waals surface area (Å²) >= 11 is 18.0. The Labute approximate surface area is 158 Å². The van der Waals surface area contributed by atoms with Gasteiger partial charge in [0.25, 0.3) is 5.91 Å². The first-order valence-electron chi connectivity index (χ1n) is 7.06. The van der Waals surface area contributed by atoms with Crippen molar-refractivity contribution in [2.45, 2.75) is 0 Å². The molecule has 128 valence electrons. The lowest BCUT2D eigenvalue weighted by atomic mass is 10.1. The number of benzene rings is 2. The maximum atomic E-state index is 12.5. The number of halogens is 3. The third-order valence-electron chi connectivity index (χ3n) is 3.50. The molecule has 3 amide bonds. The van der Waals surface area contributed by atoms with E-state index in [-0.39, 0.29) is 5.70 Å². The molecule has 0 bridgehead atoms. The minimum atomic E-state index is -0.552. The summed E-state index contributed by atoms with van der Waals surface area (Å²) < 4.78 is 5.08. The SMILES string of the molecule is COc1c(Cl)cc(/C=C2/NC(=O)N(c3ccc(Cl)cc3)C2=O)cc1Cl. The van der Waals surface area contributed by atoms with E-state index in [1.54, 1.807) is 36.4 Å². The zero-order valence-electron chi connectivity index (χ0n) is 12.8. The van der Waals surface area contributed by atoms with Crippen molar-refractivity contribution in [1.29, 1.82) is 0 Å². The molecule has 0 aliphatic carbocycles. The van der Waals surface area contributed by atoms with E-state index < -0.39 is 11.9 Å². The van der Waals surface area contributed by atoms with Crippen molar-refractivity contribution in [3.05, 3.63) is 62.7 Å². The summed E-state index contributed by atoms with van der Waals surface area (Å²) in [6.45, 7) is 0. The van der Waals surface area contributed by atoms with Gasteiger partial charge in [0.15, 0.2) is 5.75 Å². The van der Waals surface area contributed by atoms with Crippen LogP contribution in [0.1, 0.15) is 5.56 Å². The molecule has 1 heterocycles. The monoisotopic (exact) mass is 396 g/mol. The Balaban J connectivity index is 1.94. The molecular formula is C17H11Cl3N2O3. The first-order valence-corrected chi connectivity index (χ1v) is 8.20. The molecule has 2 aromatic rings.